The molecule has 5 nitrogen and oxygen atoms in total. The lowest BCUT2D eigenvalue weighted by Gasteiger charge is -2.00. The first-order valence-corrected chi connectivity index (χ1v) is 6.70. The third-order valence-corrected chi connectivity index (χ3v) is 3.80. The standard InChI is InChI=1S/C14H15N3O2/c1-2-12-9(4-6-18-12)7-10(1)13-16-14(19-17-13)11-3-5-15-8-11/h1-2,7,11,15H,3-6,8H2/t11-/m0/s1. The fourth-order valence-electron chi connectivity index (χ4n) is 2.71. The Balaban J connectivity index is 1.65. The van der Waals surface area contributed by atoms with Gasteiger partial charge in [0.25, 0.3) is 0 Å². The van der Waals surface area contributed by atoms with Crippen LogP contribution in [0, 0.1) is 0 Å². The molecule has 1 N–H and O–H groups in total. The smallest absolute Gasteiger partial charge is 0.231 e. The first-order valence-electron chi connectivity index (χ1n) is 6.70. The van der Waals surface area contributed by atoms with Crippen LogP contribution in [0.25, 0.3) is 11.4 Å². The van der Waals surface area contributed by atoms with E-state index >= 15 is 0 Å². The Morgan fingerprint density at radius 2 is 2.32 bits per heavy atom. The molecule has 1 fully saturated rings. The van der Waals surface area contributed by atoms with Crippen molar-refractivity contribution in [3.05, 3.63) is 29.7 Å². The van der Waals surface area contributed by atoms with E-state index in [9.17, 15) is 0 Å². The maximum absolute atomic E-state index is 5.50. The maximum Gasteiger partial charge on any atom is 0.231 e. The van der Waals surface area contributed by atoms with E-state index in [4.69, 9.17) is 9.26 Å². The number of hydrogen-bond acceptors (Lipinski definition) is 5. The molecule has 4 rings (SSSR count). The van der Waals surface area contributed by atoms with E-state index in [0.717, 1.165) is 49.7 Å². The molecule has 3 heterocycles. The lowest BCUT2D eigenvalue weighted by molar-refractivity contribution is 0.356. The van der Waals surface area contributed by atoms with Gasteiger partial charge in [-0.05, 0) is 36.7 Å². The normalized spacial score (nSPS) is 21.4. The number of aromatic nitrogens is 2. The molecule has 1 saturated heterocycles. The Hall–Kier alpha value is -1.88. The lowest BCUT2D eigenvalue weighted by Crippen LogP contribution is -2.08. The van der Waals surface area contributed by atoms with Crippen LogP contribution in [0.3, 0.4) is 0 Å². The fourth-order valence-corrected chi connectivity index (χ4v) is 2.71. The summed E-state index contributed by atoms with van der Waals surface area (Å²) < 4.78 is 10.9. The molecule has 1 aromatic heterocycles. The maximum atomic E-state index is 5.50. The summed E-state index contributed by atoms with van der Waals surface area (Å²) in [5.74, 6) is 2.76. The Labute approximate surface area is 111 Å². The van der Waals surface area contributed by atoms with Gasteiger partial charge < -0.3 is 14.6 Å². The van der Waals surface area contributed by atoms with Gasteiger partial charge in [-0.1, -0.05) is 5.16 Å². The molecule has 0 amide bonds. The summed E-state index contributed by atoms with van der Waals surface area (Å²) in [6, 6.07) is 6.08. The van der Waals surface area contributed by atoms with Gasteiger partial charge in [-0.2, -0.15) is 4.98 Å². The van der Waals surface area contributed by atoms with E-state index in [1.165, 1.54) is 5.56 Å². The first-order chi connectivity index (χ1) is 9.40. The van der Waals surface area contributed by atoms with Crippen LogP contribution in [0.1, 0.15) is 23.8 Å². The summed E-state index contributed by atoms with van der Waals surface area (Å²) in [6.07, 6.45) is 2.03. The van der Waals surface area contributed by atoms with Gasteiger partial charge in [0.1, 0.15) is 5.75 Å². The predicted molar refractivity (Wildman–Crippen MR) is 69.2 cm³/mol. The molecule has 2 aliphatic rings. The van der Waals surface area contributed by atoms with E-state index in [2.05, 4.69) is 21.5 Å². The fraction of sp³-hybridized carbons (Fsp3) is 0.429. The van der Waals surface area contributed by atoms with Crippen molar-refractivity contribution in [1.82, 2.24) is 15.5 Å². The molecule has 98 valence electrons. The van der Waals surface area contributed by atoms with Gasteiger partial charge >= 0.3 is 0 Å². The zero-order valence-electron chi connectivity index (χ0n) is 10.6. The predicted octanol–water partition coefficient (Wildman–Crippen LogP) is 1.75. The highest BCUT2D eigenvalue weighted by molar-refractivity contribution is 5.59. The Bertz CT molecular complexity index is 602. The van der Waals surface area contributed by atoms with E-state index in [0.29, 0.717) is 11.7 Å². The average molecular weight is 257 g/mol. The number of hydrogen-bond donors (Lipinski definition) is 1. The molecule has 2 aliphatic heterocycles. The van der Waals surface area contributed by atoms with Crippen LogP contribution in [-0.2, 0) is 6.42 Å². The minimum atomic E-state index is 0.360. The lowest BCUT2D eigenvalue weighted by atomic mass is 10.1. The van der Waals surface area contributed by atoms with Crippen LogP contribution < -0.4 is 10.1 Å². The summed E-state index contributed by atoms with van der Waals surface area (Å²) >= 11 is 0. The molecular weight excluding hydrogens is 242 g/mol. The number of ether oxygens (including phenoxy) is 1. The van der Waals surface area contributed by atoms with E-state index in [1.54, 1.807) is 0 Å². The van der Waals surface area contributed by atoms with Crippen LogP contribution in [0.15, 0.2) is 22.7 Å². The second kappa shape index (κ2) is 4.35. The van der Waals surface area contributed by atoms with Crippen molar-refractivity contribution >= 4 is 0 Å². The number of nitrogens with one attached hydrogen (secondary N) is 1. The van der Waals surface area contributed by atoms with E-state index in [-0.39, 0.29) is 0 Å². The topological polar surface area (TPSA) is 60.2 Å². The van der Waals surface area contributed by atoms with Crippen molar-refractivity contribution in [2.75, 3.05) is 19.7 Å². The van der Waals surface area contributed by atoms with Crippen molar-refractivity contribution in [3.63, 3.8) is 0 Å². The third-order valence-electron chi connectivity index (χ3n) is 3.80. The molecule has 2 aromatic rings. The molecule has 19 heavy (non-hydrogen) atoms. The van der Waals surface area contributed by atoms with Gasteiger partial charge in [0.2, 0.25) is 11.7 Å². The minimum absolute atomic E-state index is 0.360. The zero-order chi connectivity index (χ0) is 12.7. The molecule has 0 radical (unpaired) electrons. The Morgan fingerprint density at radius 1 is 1.32 bits per heavy atom. The van der Waals surface area contributed by atoms with Crippen LogP contribution in [-0.4, -0.2) is 29.8 Å². The van der Waals surface area contributed by atoms with Crippen molar-refractivity contribution < 1.29 is 9.26 Å². The monoisotopic (exact) mass is 257 g/mol. The van der Waals surface area contributed by atoms with Gasteiger partial charge in [0.15, 0.2) is 0 Å². The van der Waals surface area contributed by atoms with Gasteiger partial charge in [-0.25, -0.2) is 0 Å². The molecule has 0 aliphatic carbocycles. The van der Waals surface area contributed by atoms with Crippen LogP contribution >= 0.6 is 0 Å². The number of fused-ring (bicyclic) bond motifs is 1. The summed E-state index contributed by atoms with van der Waals surface area (Å²) in [4.78, 5) is 4.53. The Kier molecular flexibility index (Phi) is 2.51. The van der Waals surface area contributed by atoms with Crippen LogP contribution in [0.4, 0.5) is 0 Å². The third kappa shape index (κ3) is 1.90. The number of benzene rings is 1. The second-order valence-electron chi connectivity index (χ2n) is 5.07. The van der Waals surface area contributed by atoms with Crippen molar-refractivity contribution in [2.24, 2.45) is 0 Å². The van der Waals surface area contributed by atoms with Crippen molar-refractivity contribution in [3.8, 4) is 17.1 Å². The molecule has 0 saturated carbocycles. The van der Waals surface area contributed by atoms with Gasteiger partial charge in [0, 0.05) is 18.5 Å². The number of rotatable bonds is 2. The first kappa shape index (κ1) is 11.0. The largest absolute Gasteiger partial charge is 0.493 e. The molecular formula is C14H15N3O2. The molecule has 0 spiro atoms. The Morgan fingerprint density at radius 3 is 3.21 bits per heavy atom. The molecule has 5 heteroatoms. The molecule has 1 atom stereocenters. The quantitative estimate of drug-likeness (QED) is 0.888. The summed E-state index contributed by atoms with van der Waals surface area (Å²) in [7, 11) is 0. The average Bonchev–Trinajstić information content (AvgIpc) is 3.18. The highest BCUT2D eigenvalue weighted by Gasteiger charge is 2.23. The van der Waals surface area contributed by atoms with Gasteiger partial charge in [-0.3, -0.25) is 0 Å². The second-order valence-corrected chi connectivity index (χ2v) is 5.07. The molecule has 1 aromatic carbocycles. The van der Waals surface area contributed by atoms with Gasteiger partial charge in [-0.15, -0.1) is 0 Å². The highest BCUT2D eigenvalue weighted by Crippen LogP contribution is 2.30. The van der Waals surface area contributed by atoms with Gasteiger partial charge in [0.05, 0.1) is 12.5 Å². The summed E-state index contributed by atoms with van der Waals surface area (Å²) in [6.45, 7) is 2.72. The summed E-state index contributed by atoms with van der Waals surface area (Å²) in [5.41, 5.74) is 2.23. The van der Waals surface area contributed by atoms with Crippen LogP contribution in [0.5, 0.6) is 5.75 Å². The summed E-state index contributed by atoms with van der Waals surface area (Å²) in [5, 5.41) is 7.41. The minimum Gasteiger partial charge on any atom is -0.493 e. The van der Waals surface area contributed by atoms with Crippen molar-refractivity contribution in [2.45, 2.75) is 18.8 Å². The number of nitrogens with zero attached hydrogens (tertiary/aromatic N) is 2. The van der Waals surface area contributed by atoms with Crippen molar-refractivity contribution in [1.29, 1.82) is 0 Å². The zero-order valence-corrected chi connectivity index (χ0v) is 10.6. The van der Waals surface area contributed by atoms with Crippen LogP contribution in [0.2, 0.25) is 0 Å². The molecule has 0 bridgehead atoms. The molecule has 0 unspecified atom stereocenters. The highest BCUT2D eigenvalue weighted by atomic mass is 16.5. The van der Waals surface area contributed by atoms with E-state index in [1.807, 2.05) is 12.1 Å². The van der Waals surface area contributed by atoms with E-state index < -0.39 is 0 Å². The SMILES string of the molecule is c1cc2c(cc1-c1noc([C@H]3CCNC3)n1)CCO2.